The molecule has 0 spiro atoms. The van der Waals surface area contributed by atoms with Gasteiger partial charge >= 0.3 is 0 Å². The van der Waals surface area contributed by atoms with Gasteiger partial charge in [-0.15, -0.1) is 0 Å². The van der Waals surface area contributed by atoms with Crippen molar-refractivity contribution in [2.24, 2.45) is 0 Å². The minimum absolute atomic E-state index is 0.0279. The first kappa shape index (κ1) is 12.5. The van der Waals surface area contributed by atoms with Crippen LogP contribution in [0.3, 0.4) is 0 Å². The third-order valence-corrected chi connectivity index (χ3v) is 2.79. The molecule has 0 unspecified atom stereocenters. The number of halogens is 2. The summed E-state index contributed by atoms with van der Waals surface area (Å²) in [6.45, 7) is 0.294. The van der Waals surface area contributed by atoms with Gasteiger partial charge < -0.3 is 15.5 Å². The summed E-state index contributed by atoms with van der Waals surface area (Å²) in [6, 6.07) is 8.95. The summed E-state index contributed by atoms with van der Waals surface area (Å²) in [5, 5.41) is 21.9. The first-order valence-corrected chi connectivity index (χ1v) is 5.64. The number of benzene rings is 2. The first-order valence-electron chi connectivity index (χ1n) is 5.26. The van der Waals surface area contributed by atoms with E-state index in [-0.39, 0.29) is 16.5 Å². The SMILES string of the molecule is Oc1cccc(CNc2ccc(F)c(Cl)c2)c1O. The highest BCUT2D eigenvalue weighted by molar-refractivity contribution is 6.31. The van der Waals surface area contributed by atoms with E-state index in [4.69, 9.17) is 11.6 Å². The molecule has 0 fully saturated rings. The maximum atomic E-state index is 12.9. The molecule has 0 radical (unpaired) electrons. The topological polar surface area (TPSA) is 52.5 Å². The van der Waals surface area contributed by atoms with Crippen LogP contribution >= 0.6 is 11.6 Å². The highest BCUT2D eigenvalue weighted by atomic mass is 35.5. The average Bonchev–Trinajstić information content (AvgIpc) is 2.35. The number of phenolic OH excluding ortho intramolecular Hbond substituents is 2. The van der Waals surface area contributed by atoms with E-state index in [0.29, 0.717) is 17.8 Å². The van der Waals surface area contributed by atoms with Crippen molar-refractivity contribution in [1.29, 1.82) is 0 Å². The summed E-state index contributed by atoms with van der Waals surface area (Å²) in [4.78, 5) is 0. The third-order valence-electron chi connectivity index (χ3n) is 2.50. The Morgan fingerprint density at radius 2 is 1.94 bits per heavy atom. The molecule has 0 saturated carbocycles. The Morgan fingerprint density at radius 3 is 2.67 bits per heavy atom. The molecule has 0 atom stereocenters. The van der Waals surface area contributed by atoms with E-state index in [9.17, 15) is 14.6 Å². The molecule has 2 rings (SSSR count). The largest absolute Gasteiger partial charge is 0.504 e. The molecule has 5 heteroatoms. The fourth-order valence-corrected chi connectivity index (χ4v) is 1.70. The normalized spacial score (nSPS) is 10.3. The van der Waals surface area contributed by atoms with Crippen LogP contribution in [0.4, 0.5) is 10.1 Å². The van der Waals surface area contributed by atoms with E-state index < -0.39 is 5.82 Å². The molecule has 0 saturated heterocycles. The van der Waals surface area contributed by atoms with Gasteiger partial charge in [0.15, 0.2) is 11.5 Å². The zero-order chi connectivity index (χ0) is 13.1. The van der Waals surface area contributed by atoms with Crippen molar-refractivity contribution in [2.45, 2.75) is 6.54 Å². The lowest BCUT2D eigenvalue weighted by molar-refractivity contribution is 0.400. The van der Waals surface area contributed by atoms with Crippen LogP contribution in [0.5, 0.6) is 11.5 Å². The zero-order valence-electron chi connectivity index (χ0n) is 9.32. The number of para-hydroxylation sites is 1. The zero-order valence-corrected chi connectivity index (χ0v) is 10.1. The van der Waals surface area contributed by atoms with Gasteiger partial charge in [-0.1, -0.05) is 23.7 Å². The van der Waals surface area contributed by atoms with E-state index in [1.165, 1.54) is 18.2 Å². The third kappa shape index (κ3) is 2.65. The molecule has 0 amide bonds. The summed E-state index contributed by atoms with van der Waals surface area (Å²) in [7, 11) is 0. The Bertz CT molecular complexity index is 575. The van der Waals surface area contributed by atoms with Crippen LogP contribution in [0.25, 0.3) is 0 Å². The molecule has 0 aliphatic rings. The summed E-state index contributed by atoms with van der Waals surface area (Å²) in [5.41, 5.74) is 1.17. The smallest absolute Gasteiger partial charge is 0.162 e. The van der Waals surface area contributed by atoms with Crippen LogP contribution in [0.15, 0.2) is 36.4 Å². The Balaban J connectivity index is 2.11. The second kappa shape index (κ2) is 5.14. The van der Waals surface area contributed by atoms with Gasteiger partial charge in [0.2, 0.25) is 0 Å². The summed E-state index contributed by atoms with van der Waals surface area (Å²) >= 11 is 5.65. The van der Waals surface area contributed by atoms with E-state index in [1.54, 1.807) is 18.2 Å². The fourth-order valence-electron chi connectivity index (χ4n) is 1.52. The number of nitrogens with one attached hydrogen (secondary N) is 1. The molecule has 3 nitrogen and oxygen atoms in total. The second-order valence-electron chi connectivity index (χ2n) is 3.77. The Kier molecular flexibility index (Phi) is 3.58. The minimum Gasteiger partial charge on any atom is -0.504 e. The van der Waals surface area contributed by atoms with E-state index in [1.807, 2.05) is 0 Å². The molecule has 2 aromatic carbocycles. The summed E-state index contributed by atoms with van der Waals surface area (Å²) < 4.78 is 12.9. The van der Waals surface area contributed by atoms with Gasteiger partial charge in [0.25, 0.3) is 0 Å². The lowest BCUT2D eigenvalue weighted by Gasteiger charge is -2.09. The number of aromatic hydroxyl groups is 2. The van der Waals surface area contributed by atoms with Gasteiger partial charge in [-0.05, 0) is 24.3 Å². The van der Waals surface area contributed by atoms with Gasteiger partial charge in [0.05, 0.1) is 5.02 Å². The van der Waals surface area contributed by atoms with Crippen molar-refractivity contribution in [1.82, 2.24) is 0 Å². The minimum atomic E-state index is -0.484. The predicted octanol–water partition coefficient (Wildman–Crippen LogP) is 3.50. The average molecular weight is 268 g/mol. The molecule has 0 aliphatic carbocycles. The molecule has 0 aromatic heterocycles. The summed E-state index contributed by atoms with van der Waals surface area (Å²) in [5.74, 6) is -0.827. The van der Waals surface area contributed by atoms with Crippen LogP contribution in [0.2, 0.25) is 5.02 Å². The molecule has 2 aromatic rings. The van der Waals surface area contributed by atoms with Crippen LogP contribution in [0.1, 0.15) is 5.56 Å². The number of phenols is 2. The van der Waals surface area contributed by atoms with Crippen LogP contribution < -0.4 is 5.32 Å². The quantitative estimate of drug-likeness (QED) is 0.746. The van der Waals surface area contributed by atoms with Crippen LogP contribution in [-0.2, 0) is 6.54 Å². The highest BCUT2D eigenvalue weighted by Crippen LogP contribution is 2.29. The van der Waals surface area contributed by atoms with Crippen molar-refractivity contribution in [3.8, 4) is 11.5 Å². The maximum absolute atomic E-state index is 12.9. The van der Waals surface area contributed by atoms with Crippen molar-refractivity contribution in [2.75, 3.05) is 5.32 Å². The molecule has 0 bridgehead atoms. The first-order chi connectivity index (χ1) is 8.58. The molecule has 0 heterocycles. The number of hydrogen-bond donors (Lipinski definition) is 3. The highest BCUT2D eigenvalue weighted by Gasteiger charge is 2.06. The number of hydrogen-bond acceptors (Lipinski definition) is 3. The van der Waals surface area contributed by atoms with Crippen LogP contribution in [-0.4, -0.2) is 10.2 Å². The van der Waals surface area contributed by atoms with Crippen LogP contribution in [0, 0.1) is 5.82 Å². The summed E-state index contributed by atoms with van der Waals surface area (Å²) in [6.07, 6.45) is 0. The lowest BCUT2D eigenvalue weighted by atomic mass is 10.2. The standard InChI is InChI=1S/C13H11ClFNO2/c14-10-6-9(4-5-11(10)15)16-7-8-2-1-3-12(17)13(8)18/h1-6,16-18H,7H2. The molecule has 18 heavy (non-hydrogen) atoms. The van der Waals surface area contributed by atoms with Gasteiger partial charge in [0.1, 0.15) is 5.82 Å². The van der Waals surface area contributed by atoms with Gasteiger partial charge in [-0.25, -0.2) is 4.39 Å². The molecule has 94 valence electrons. The van der Waals surface area contributed by atoms with Crippen molar-refractivity contribution >= 4 is 17.3 Å². The lowest BCUT2D eigenvalue weighted by Crippen LogP contribution is -1.99. The van der Waals surface area contributed by atoms with E-state index in [0.717, 1.165) is 0 Å². The Labute approximate surface area is 108 Å². The molecular weight excluding hydrogens is 257 g/mol. The number of rotatable bonds is 3. The number of anilines is 1. The molecule has 3 N–H and O–H groups in total. The molecule has 0 aliphatic heterocycles. The van der Waals surface area contributed by atoms with Gasteiger partial charge in [0, 0.05) is 17.8 Å². The van der Waals surface area contributed by atoms with Crippen molar-refractivity contribution in [3.05, 3.63) is 52.8 Å². The fraction of sp³-hybridized carbons (Fsp3) is 0.0769. The monoisotopic (exact) mass is 267 g/mol. The van der Waals surface area contributed by atoms with E-state index in [2.05, 4.69) is 5.32 Å². The Hall–Kier alpha value is -1.94. The maximum Gasteiger partial charge on any atom is 0.162 e. The predicted molar refractivity (Wildman–Crippen MR) is 68.5 cm³/mol. The molecular formula is C13H11ClFNO2. The van der Waals surface area contributed by atoms with Crippen molar-refractivity contribution < 1.29 is 14.6 Å². The van der Waals surface area contributed by atoms with Gasteiger partial charge in [-0.2, -0.15) is 0 Å². The second-order valence-corrected chi connectivity index (χ2v) is 4.17. The van der Waals surface area contributed by atoms with E-state index >= 15 is 0 Å². The Morgan fingerprint density at radius 1 is 1.17 bits per heavy atom. The van der Waals surface area contributed by atoms with Crippen molar-refractivity contribution in [3.63, 3.8) is 0 Å². The van der Waals surface area contributed by atoms with Gasteiger partial charge in [-0.3, -0.25) is 0 Å².